The maximum Gasteiger partial charge on any atom is 0.261 e. The van der Waals surface area contributed by atoms with E-state index in [1.807, 2.05) is 31.3 Å². The van der Waals surface area contributed by atoms with Gasteiger partial charge in [0.25, 0.3) is 10.0 Å². The molecule has 20 heteroatoms. The molecular formula is C49H46Cl4N10O5S. The summed E-state index contributed by atoms with van der Waals surface area (Å²) >= 11 is 25.0. The summed E-state index contributed by atoms with van der Waals surface area (Å²) < 4.78 is 43.0. The van der Waals surface area contributed by atoms with E-state index in [2.05, 4.69) is 96.1 Å². The largest absolute Gasteiger partial charge is 0.497 e. The number of hydrogen-bond acceptors (Lipinski definition) is 10. The Kier molecular flexibility index (Phi) is 15.2. The van der Waals surface area contributed by atoms with Gasteiger partial charge in [-0.3, -0.25) is 14.8 Å². The number of aromatic nitrogens is 7. The average molecular weight is 1030 g/mol. The number of nitrogens with zero attached hydrogens (tertiary/aromatic N) is 7. The van der Waals surface area contributed by atoms with Gasteiger partial charge in [-0.25, -0.2) is 27.9 Å². The van der Waals surface area contributed by atoms with Crippen molar-refractivity contribution in [2.45, 2.75) is 51.1 Å². The first kappa shape index (κ1) is 48.9. The first-order chi connectivity index (χ1) is 33.2. The van der Waals surface area contributed by atoms with Crippen molar-refractivity contribution in [2.24, 2.45) is 0 Å². The van der Waals surface area contributed by atoms with E-state index in [9.17, 15) is 13.2 Å². The van der Waals surface area contributed by atoms with Crippen LogP contribution in [0.2, 0.25) is 20.5 Å². The molecule has 1 aliphatic rings. The summed E-state index contributed by atoms with van der Waals surface area (Å²) in [6.45, 7) is 7.48. The first-order valence-corrected chi connectivity index (χ1v) is 24.8. The Balaban J connectivity index is 0.000000188. The van der Waals surface area contributed by atoms with E-state index >= 15 is 0 Å². The number of hydrogen-bond donors (Lipinski definition) is 3. The number of ether oxygens (including phenoxy) is 2. The molecule has 69 heavy (non-hydrogen) atoms. The van der Waals surface area contributed by atoms with Crippen LogP contribution in [-0.2, 0) is 21.4 Å². The molecule has 1 saturated carbocycles. The molecule has 356 valence electrons. The SMILES string of the molecule is CCN(Cc1ccccc1)c1ccc(-c2cn(C3CC3)c(-c3ccc(OC)cc3)n2)cn1.CCOc1ccc(S(=O)(=O)Nc2ccc(Cl)cc2-c2nc(-n3c(NC(C)=O)nc(Cl)c3Cl)[nH]c2Cl)cc1. The molecule has 1 fully saturated rings. The molecule has 0 spiro atoms. The number of methoxy groups -OCH3 is 1. The minimum Gasteiger partial charge on any atom is -0.497 e. The van der Waals surface area contributed by atoms with E-state index in [-0.39, 0.29) is 49.2 Å². The molecule has 0 radical (unpaired) electrons. The number of imidazole rings is 3. The monoisotopic (exact) mass is 1030 g/mol. The summed E-state index contributed by atoms with van der Waals surface area (Å²) in [5.41, 5.74) is 4.99. The summed E-state index contributed by atoms with van der Waals surface area (Å²) in [5, 5.41) is 2.73. The number of rotatable bonds is 16. The Bertz CT molecular complexity index is 3180. The predicted octanol–water partition coefficient (Wildman–Crippen LogP) is 12.0. The molecule has 0 saturated heterocycles. The molecule has 9 rings (SSSR count). The third kappa shape index (κ3) is 11.5. The number of halogens is 4. The van der Waals surface area contributed by atoms with E-state index in [4.69, 9.17) is 65.8 Å². The van der Waals surface area contributed by atoms with Gasteiger partial charge in [0, 0.05) is 60.2 Å². The molecule has 0 bridgehead atoms. The molecule has 0 atom stereocenters. The van der Waals surface area contributed by atoms with E-state index in [0.717, 1.165) is 47.3 Å². The van der Waals surface area contributed by atoms with Gasteiger partial charge in [-0.1, -0.05) is 76.7 Å². The van der Waals surface area contributed by atoms with Gasteiger partial charge in [0.15, 0.2) is 10.3 Å². The van der Waals surface area contributed by atoms with Crippen molar-refractivity contribution in [2.75, 3.05) is 35.2 Å². The molecule has 8 aromatic rings. The second-order valence-corrected chi connectivity index (χ2v) is 18.9. The van der Waals surface area contributed by atoms with Gasteiger partial charge in [0.05, 0.1) is 30.0 Å². The maximum atomic E-state index is 13.1. The molecule has 3 N–H and O–H groups in total. The molecule has 4 heterocycles. The van der Waals surface area contributed by atoms with Crippen molar-refractivity contribution in [3.8, 4) is 51.3 Å². The van der Waals surface area contributed by atoms with Crippen molar-refractivity contribution in [3.05, 3.63) is 148 Å². The van der Waals surface area contributed by atoms with E-state index in [1.165, 1.54) is 60.2 Å². The van der Waals surface area contributed by atoms with Crippen LogP contribution in [-0.4, -0.2) is 68.6 Å². The first-order valence-electron chi connectivity index (χ1n) is 21.8. The number of nitrogens with one attached hydrogen (secondary N) is 3. The van der Waals surface area contributed by atoms with Crippen LogP contribution in [0.3, 0.4) is 0 Å². The molecule has 0 aliphatic heterocycles. The molecule has 1 amide bonds. The maximum absolute atomic E-state index is 13.1. The normalized spacial score (nSPS) is 12.2. The number of anilines is 3. The fourth-order valence-electron chi connectivity index (χ4n) is 7.32. The fraction of sp³-hybridized carbons (Fsp3) is 0.204. The number of sulfonamides is 1. The Morgan fingerprint density at radius 1 is 0.870 bits per heavy atom. The van der Waals surface area contributed by atoms with Crippen molar-refractivity contribution < 1.29 is 22.7 Å². The highest BCUT2D eigenvalue weighted by Crippen LogP contribution is 2.41. The Morgan fingerprint density at radius 2 is 1.58 bits per heavy atom. The number of aromatic amines is 1. The lowest BCUT2D eigenvalue weighted by Gasteiger charge is -2.22. The quantitative estimate of drug-likeness (QED) is 0.0845. The van der Waals surface area contributed by atoms with Crippen LogP contribution in [0.4, 0.5) is 17.5 Å². The summed E-state index contributed by atoms with van der Waals surface area (Å²) in [6, 6.07) is 33.9. The number of pyridine rings is 1. The molecular weight excluding hydrogens is 982 g/mol. The average Bonchev–Trinajstić information content (AvgIpc) is 3.89. The highest BCUT2D eigenvalue weighted by molar-refractivity contribution is 7.92. The van der Waals surface area contributed by atoms with Gasteiger partial charge in [-0.2, -0.15) is 4.98 Å². The van der Waals surface area contributed by atoms with E-state index in [0.29, 0.717) is 23.4 Å². The van der Waals surface area contributed by atoms with Gasteiger partial charge in [-0.15, -0.1) is 0 Å². The van der Waals surface area contributed by atoms with Crippen molar-refractivity contribution in [3.63, 3.8) is 0 Å². The lowest BCUT2D eigenvalue weighted by atomic mass is 10.1. The van der Waals surface area contributed by atoms with Crippen LogP contribution in [0.5, 0.6) is 11.5 Å². The van der Waals surface area contributed by atoms with Gasteiger partial charge in [0.2, 0.25) is 17.8 Å². The van der Waals surface area contributed by atoms with Crippen LogP contribution in [0.25, 0.3) is 39.9 Å². The van der Waals surface area contributed by atoms with Crippen LogP contribution >= 0.6 is 46.4 Å². The van der Waals surface area contributed by atoms with Crippen LogP contribution < -0.4 is 24.4 Å². The number of carbonyl (C=O) groups is 1. The van der Waals surface area contributed by atoms with Crippen LogP contribution in [0.15, 0.2) is 126 Å². The van der Waals surface area contributed by atoms with Crippen molar-refractivity contribution >= 4 is 79.8 Å². The fourth-order valence-corrected chi connectivity index (χ4v) is 9.17. The molecule has 0 unspecified atom stereocenters. The summed E-state index contributed by atoms with van der Waals surface area (Å²) in [5.74, 6) is 3.04. The van der Waals surface area contributed by atoms with Crippen molar-refractivity contribution in [1.29, 1.82) is 0 Å². The van der Waals surface area contributed by atoms with Gasteiger partial charge >= 0.3 is 0 Å². The molecule has 4 aromatic carbocycles. The van der Waals surface area contributed by atoms with Gasteiger partial charge in [0.1, 0.15) is 34.0 Å². The summed E-state index contributed by atoms with van der Waals surface area (Å²) in [6.07, 6.45) is 6.54. The smallest absolute Gasteiger partial charge is 0.261 e. The lowest BCUT2D eigenvalue weighted by molar-refractivity contribution is -0.114. The standard InChI is InChI=1S/C27H28N4O.C22H18Cl4N6O4S/c1-3-30(18-20-7-5-4-6-8-20)26-16-11-22(17-28-26)25-19-31(23-12-13-23)27(29-25)21-9-14-24(32-2)15-10-21;1-3-36-13-5-7-14(8-6-13)37(34,35)31-16-9-4-12(23)10-15(16)17-18(24)29-22(28-17)32-20(26)19(25)30-21(32)27-11(2)33/h4-11,14-17,19,23H,3,12-13,18H2,1-2H3;4-10,31H,3H2,1-2H3,(H,28,29)(H,27,30,33). The number of benzene rings is 4. The summed E-state index contributed by atoms with van der Waals surface area (Å²) in [7, 11) is -2.31. The van der Waals surface area contributed by atoms with Gasteiger partial charge < -0.3 is 23.9 Å². The second-order valence-electron chi connectivity index (χ2n) is 15.7. The topological polar surface area (TPSA) is 174 Å². The Labute approximate surface area is 419 Å². The predicted molar refractivity (Wildman–Crippen MR) is 273 cm³/mol. The van der Waals surface area contributed by atoms with Gasteiger partial charge in [-0.05, 0) is 111 Å². The van der Waals surface area contributed by atoms with Crippen LogP contribution in [0, 0.1) is 0 Å². The minimum atomic E-state index is -4.00. The third-order valence-corrected chi connectivity index (χ3v) is 13.4. The third-order valence-electron chi connectivity index (χ3n) is 10.8. The summed E-state index contributed by atoms with van der Waals surface area (Å²) in [4.78, 5) is 35.0. The highest BCUT2D eigenvalue weighted by Gasteiger charge is 2.28. The van der Waals surface area contributed by atoms with Crippen LogP contribution in [0.1, 0.15) is 45.2 Å². The number of H-pyrrole nitrogens is 1. The zero-order valence-corrected chi connectivity index (χ0v) is 41.6. The van der Waals surface area contributed by atoms with E-state index < -0.39 is 15.9 Å². The Morgan fingerprint density at radius 3 is 2.22 bits per heavy atom. The number of amides is 1. The second kappa shape index (κ2) is 21.4. The zero-order chi connectivity index (χ0) is 48.8. The Hall–Kier alpha value is -6.56. The molecule has 1 aliphatic carbocycles. The highest BCUT2D eigenvalue weighted by atomic mass is 35.5. The molecule has 15 nitrogen and oxygen atoms in total. The van der Waals surface area contributed by atoms with Crippen molar-refractivity contribution in [1.82, 2.24) is 34.1 Å². The number of carbonyl (C=O) groups excluding carboxylic acids is 1. The minimum absolute atomic E-state index is 0.00184. The molecule has 4 aromatic heterocycles. The lowest BCUT2D eigenvalue weighted by Crippen LogP contribution is -2.22. The van der Waals surface area contributed by atoms with E-state index in [1.54, 1.807) is 19.2 Å². The zero-order valence-electron chi connectivity index (χ0n) is 37.8.